The molecule has 1 saturated heterocycles. The number of hydrogen-bond acceptors (Lipinski definition) is 3. The standard InChI is InChI=1S/C24H18N2O2S/c25-23(28)20-7-4-8-21(15-20)26-22(27)16-29-24(26)19-13-11-18(12-14-19)10-9-17-5-2-1-3-6-17/h1-8,11-15,24H,16H2,(H2,25,28). The number of anilines is 1. The number of carbonyl (C=O) groups is 2. The van der Waals surface area contributed by atoms with Gasteiger partial charge in [0.25, 0.3) is 0 Å². The molecule has 4 nitrogen and oxygen atoms in total. The molecule has 2 N–H and O–H groups in total. The molecule has 0 aromatic heterocycles. The molecule has 1 fully saturated rings. The molecule has 3 aromatic carbocycles. The summed E-state index contributed by atoms with van der Waals surface area (Å²) >= 11 is 1.56. The minimum absolute atomic E-state index is 0.00886. The lowest BCUT2D eigenvalue weighted by atomic mass is 10.1. The van der Waals surface area contributed by atoms with Gasteiger partial charge in [0, 0.05) is 22.4 Å². The number of amides is 2. The van der Waals surface area contributed by atoms with Gasteiger partial charge >= 0.3 is 0 Å². The van der Waals surface area contributed by atoms with Crippen LogP contribution in [0.5, 0.6) is 0 Å². The molecule has 2 amide bonds. The Labute approximate surface area is 173 Å². The van der Waals surface area contributed by atoms with Gasteiger partial charge in [-0.25, -0.2) is 0 Å². The third kappa shape index (κ3) is 4.18. The van der Waals surface area contributed by atoms with Crippen LogP contribution < -0.4 is 10.6 Å². The minimum Gasteiger partial charge on any atom is -0.366 e. The van der Waals surface area contributed by atoms with Gasteiger partial charge in [0.15, 0.2) is 0 Å². The van der Waals surface area contributed by atoms with Gasteiger partial charge in [-0.05, 0) is 48.0 Å². The highest BCUT2D eigenvalue weighted by Crippen LogP contribution is 2.41. The Bertz CT molecular complexity index is 1110. The summed E-state index contributed by atoms with van der Waals surface area (Å²) in [7, 11) is 0. The average Bonchev–Trinajstić information content (AvgIpc) is 3.15. The highest BCUT2D eigenvalue weighted by atomic mass is 32.2. The predicted molar refractivity (Wildman–Crippen MR) is 117 cm³/mol. The first-order valence-corrected chi connectivity index (χ1v) is 10.2. The lowest BCUT2D eigenvalue weighted by Gasteiger charge is -2.24. The van der Waals surface area contributed by atoms with Gasteiger partial charge in [-0.2, -0.15) is 0 Å². The highest BCUT2D eigenvalue weighted by Gasteiger charge is 2.34. The zero-order valence-electron chi connectivity index (χ0n) is 15.5. The van der Waals surface area contributed by atoms with E-state index in [2.05, 4.69) is 11.8 Å². The van der Waals surface area contributed by atoms with Crippen molar-refractivity contribution in [3.05, 3.63) is 101 Å². The Morgan fingerprint density at radius 2 is 1.62 bits per heavy atom. The Morgan fingerprint density at radius 3 is 2.31 bits per heavy atom. The van der Waals surface area contributed by atoms with Crippen LogP contribution in [-0.2, 0) is 4.79 Å². The number of hydrogen-bond donors (Lipinski definition) is 1. The van der Waals surface area contributed by atoms with Gasteiger partial charge in [0.2, 0.25) is 11.8 Å². The molecule has 29 heavy (non-hydrogen) atoms. The second-order valence-electron chi connectivity index (χ2n) is 6.58. The summed E-state index contributed by atoms with van der Waals surface area (Å²) in [6, 6.07) is 24.6. The van der Waals surface area contributed by atoms with Crippen molar-refractivity contribution in [1.29, 1.82) is 0 Å². The monoisotopic (exact) mass is 398 g/mol. The van der Waals surface area contributed by atoms with Crippen LogP contribution in [0, 0.1) is 11.8 Å². The SMILES string of the molecule is NC(=O)c1cccc(N2C(=O)CSC2c2ccc(C#Cc3ccccc3)cc2)c1. The molecule has 0 spiro atoms. The van der Waals surface area contributed by atoms with E-state index in [1.54, 1.807) is 34.9 Å². The Balaban J connectivity index is 1.59. The maximum absolute atomic E-state index is 12.5. The third-order valence-electron chi connectivity index (χ3n) is 4.60. The van der Waals surface area contributed by atoms with Crippen molar-refractivity contribution in [2.45, 2.75) is 5.37 Å². The van der Waals surface area contributed by atoms with E-state index >= 15 is 0 Å². The van der Waals surface area contributed by atoms with Crippen LogP contribution in [0.15, 0.2) is 78.9 Å². The van der Waals surface area contributed by atoms with Crippen molar-refractivity contribution in [1.82, 2.24) is 0 Å². The number of rotatable bonds is 3. The molecule has 0 bridgehead atoms. The lowest BCUT2D eigenvalue weighted by Crippen LogP contribution is -2.28. The molecule has 142 valence electrons. The van der Waals surface area contributed by atoms with Gasteiger partial charge < -0.3 is 5.73 Å². The van der Waals surface area contributed by atoms with Crippen LogP contribution in [0.25, 0.3) is 0 Å². The highest BCUT2D eigenvalue weighted by molar-refractivity contribution is 8.00. The molecular formula is C24H18N2O2S. The molecule has 0 aliphatic carbocycles. The van der Waals surface area contributed by atoms with E-state index < -0.39 is 5.91 Å². The van der Waals surface area contributed by atoms with E-state index in [1.807, 2.05) is 60.7 Å². The first-order chi connectivity index (χ1) is 14.1. The summed E-state index contributed by atoms with van der Waals surface area (Å²) in [5.74, 6) is 6.20. The van der Waals surface area contributed by atoms with Gasteiger partial charge in [-0.1, -0.05) is 48.2 Å². The van der Waals surface area contributed by atoms with Crippen LogP contribution in [0.1, 0.15) is 32.4 Å². The molecular weight excluding hydrogens is 380 g/mol. The number of thioether (sulfide) groups is 1. The van der Waals surface area contributed by atoms with E-state index in [0.717, 1.165) is 16.7 Å². The molecule has 5 heteroatoms. The van der Waals surface area contributed by atoms with Crippen LogP contribution >= 0.6 is 11.8 Å². The molecule has 1 unspecified atom stereocenters. The average molecular weight is 398 g/mol. The van der Waals surface area contributed by atoms with Crippen LogP contribution in [0.2, 0.25) is 0 Å². The van der Waals surface area contributed by atoms with E-state index in [9.17, 15) is 9.59 Å². The number of primary amides is 1. The maximum atomic E-state index is 12.5. The number of nitrogens with two attached hydrogens (primary N) is 1. The quantitative estimate of drug-likeness (QED) is 0.679. The van der Waals surface area contributed by atoms with E-state index in [4.69, 9.17) is 5.73 Å². The summed E-state index contributed by atoms with van der Waals surface area (Å²) in [6.45, 7) is 0. The Kier molecular flexibility index (Phi) is 5.37. The van der Waals surface area contributed by atoms with Crippen LogP contribution in [-0.4, -0.2) is 17.6 Å². The van der Waals surface area contributed by atoms with Crippen molar-refractivity contribution in [3.63, 3.8) is 0 Å². The first kappa shape index (κ1) is 18.9. The fraction of sp³-hybridized carbons (Fsp3) is 0.0833. The van der Waals surface area contributed by atoms with E-state index in [1.165, 1.54) is 0 Å². The second kappa shape index (κ2) is 8.26. The van der Waals surface area contributed by atoms with E-state index in [-0.39, 0.29) is 11.3 Å². The van der Waals surface area contributed by atoms with Gasteiger partial charge in [0.05, 0.1) is 5.75 Å². The molecule has 4 rings (SSSR count). The zero-order chi connectivity index (χ0) is 20.2. The van der Waals surface area contributed by atoms with Gasteiger partial charge in [-0.15, -0.1) is 11.8 Å². The molecule has 1 aliphatic rings. The summed E-state index contributed by atoms with van der Waals surface area (Å²) in [5.41, 5.74) is 9.34. The fourth-order valence-corrected chi connectivity index (χ4v) is 4.33. The van der Waals surface area contributed by atoms with Crippen molar-refractivity contribution >= 4 is 29.3 Å². The molecule has 1 atom stereocenters. The molecule has 1 heterocycles. The lowest BCUT2D eigenvalue weighted by molar-refractivity contribution is -0.115. The zero-order valence-corrected chi connectivity index (χ0v) is 16.4. The minimum atomic E-state index is -0.510. The third-order valence-corrected chi connectivity index (χ3v) is 5.81. The summed E-state index contributed by atoms with van der Waals surface area (Å²) < 4.78 is 0. The van der Waals surface area contributed by atoms with Crippen LogP contribution in [0.4, 0.5) is 5.69 Å². The van der Waals surface area contributed by atoms with Crippen molar-refractivity contribution in [2.75, 3.05) is 10.7 Å². The fourth-order valence-electron chi connectivity index (χ4n) is 3.16. The number of nitrogens with zero attached hydrogens (tertiary/aromatic N) is 1. The summed E-state index contributed by atoms with van der Waals surface area (Å²) in [6.07, 6.45) is 0. The van der Waals surface area contributed by atoms with E-state index in [0.29, 0.717) is 17.0 Å². The first-order valence-electron chi connectivity index (χ1n) is 9.12. The molecule has 0 radical (unpaired) electrons. The number of benzene rings is 3. The summed E-state index contributed by atoms with van der Waals surface area (Å²) in [5, 5.41) is -0.151. The Hall–Kier alpha value is -3.49. The summed E-state index contributed by atoms with van der Waals surface area (Å²) in [4.78, 5) is 25.8. The normalized spacial score (nSPS) is 15.7. The predicted octanol–water partition coefficient (Wildman–Crippen LogP) is 3.96. The number of carbonyl (C=O) groups excluding carboxylic acids is 2. The van der Waals surface area contributed by atoms with Gasteiger partial charge in [0.1, 0.15) is 5.37 Å². The molecule has 0 saturated carbocycles. The second-order valence-corrected chi connectivity index (χ2v) is 7.65. The van der Waals surface area contributed by atoms with Crippen LogP contribution in [0.3, 0.4) is 0 Å². The topological polar surface area (TPSA) is 63.4 Å². The molecule has 1 aliphatic heterocycles. The largest absolute Gasteiger partial charge is 0.366 e. The van der Waals surface area contributed by atoms with Crippen molar-refractivity contribution in [3.8, 4) is 11.8 Å². The van der Waals surface area contributed by atoms with Gasteiger partial charge in [-0.3, -0.25) is 14.5 Å². The van der Waals surface area contributed by atoms with Crippen molar-refractivity contribution < 1.29 is 9.59 Å². The maximum Gasteiger partial charge on any atom is 0.248 e. The Morgan fingerprint density at radius 1 is 0.931 bits per heavy atom. The molecule has 3 aromatic rings. The smallest absolute Gasteiger partial charge is 0.248 e. The van der Waals surface area contributed by atoms with Crippen molar-refractivity contribution in [2.24, 2.45) is 5.73 Å².